The molecular weight excluding hydrogens is 315 g/mol. The van der Waals surface area contributed by atoms with Crippen molar-refractivity contribution >= 4 is 33.4 Å². The number of hydrogen-bond donors (Lipinski definition) is 0. The van der Waals surface area contributed by atoms with E-state index in [0.717, 1.165) is 17.0 Å². The summed E-state index contributed by atoms with van der Waals surface area (Å²) in [7, 11) is 0. The third kappa shape index (κ3) is 2.27. The van der Waals surface area contributed by atoms with Gasteiger partial charge in [-0.3, -0.25) is 9.59 Å². The monoisotopic (exact) mass is 321 g/mol. The van der Waals surface area contributed by atoms with E-state index >= 15 is 0 Å². The second-order valence-electron chi connectivity index (χ2n) is 3.79. The van der Waals surface area contributed by atoms with Crippen LogP contribution in [0.15, 0.2) is 22.7 Å². The maximum atomic E-state index is 12.6. The average molecular weight is 322 g/mol. The summed E-state index contributed by atoms with van der Waals surface area (Å²) in [4.78, 5) is 23.8. The third-order valence-electron chi connectivity index (χ3n) is 2.57. The van der Waals surface area contributed by atoms with Gasteiger partial charge < -0.3 is 0 Å². The molecule has 96 valence electrons. The molecule has 0 N–H and O–H groups in total. The molecule has 0 radical (unpaired) electrons. The Morgan fingerprint density at radius 3 is 2.17 bits per heavy atom. The maximum absolute atomic E-state index is 12.6. The molecule has 1 aromatic carbocycles. The number of nitrogens with zero attached hydrogens (tertiary/aromatic N) is 1. The van der Waals surface area contributed by atoms with Gasteiger partial charge in [0.25, 0.3) is 0 Å². The Morgan fingerprint density at radius 1 is 1.11 bits per heavy atom. The summed E-state index contributed by atoms with van der Waals surface area (Å²) >= 11 is 3.05. The van der Waals surface area contributed by atoms with Crippen molar-refractivity contribution in [1.29, 1.82) is 0 Å². The van der Waals surface area contributed by atoms with Crippen LogP contribution in [0.5, 0.6) is 0 Å². The minimum Gasteiger partial charge on any atom is -0.274 e. The summed E-state index contributed by atoms with van der Waals surface area (Å²) in [6.45, 7) is 0. The van der Waals surface area contributed by atoms with Gasteiger partial charge in [0.05, 0.1) is 11.3 Å². The molecule has 1 fully saturated rings. The quantitative estimate of drug-likeness (QED) is 0.745. The molecule has 2 rings (SSSR count). The van der Waals surface area contributed by atoms with Crippen molar-refractivity contribution in [2.45, 2.75) is 19.0 Å². The van der Waals surface area contributed by atoms with Gasteiger partial charge in [-0.2, -0.15) is 13.2 Å². The van der Waals surface area contributed by atoms with E-state index in [2.05, 4.69) is 15.9 Å². The molecule has 18 heavy (non-hydrogen) atoms. The lowest BCUT2D eigenvalue weighted by Gasteiger charge is -2.17. The number of benzene rings is 1. The first kappa shape index (κ1) is 13.1. The number of anilines is 1. The van der Waals surface area contributed by atoms with E-state index in [-0.39, 0.29) is 23.0 Å². The Hall–Kier alpha value is -1.37. The molecule has 0 bridgehead atoms. The molecule has 7 heteroatoms. The van der Waals surface area contributed by atoms with Crippen molar-refractivity contribution in [3.05, 3.63) is 28.2 Å². The Morgan fingerprint density at radius 2 is 1.67 bits per heavy atom. The molecule has 1 aliphatic rings. The van der Waals surface area contributed by atoms with Crippen LogP contribution in [-0.2, 0) is 15.8 Å². The zero-order chi connectivity index (χ0) is 13.5. The number of imide groups is 1. The largest absolute Gasteiger partial charge is 0.416 e. The van der Waals surface area contributed by atoms with E-state index in [1.54, 1.807) is 0 Å². The van der Waals surface area contributed by atoms with Crippen LogP contribution in [0.4, 0.5) is 18.9 Å². The highest BCUT2D eigenvalue weighted by Gasteiger charge is 2.35. The molecule has 0 unspecified atom stereocenters. The number of hydrogen-bond acceptors (Lipinski definition) is 2. The molecule has 0 atom stereocenters. The second-order valence-corrected chi connectivity index (χ2v) is 4.64. The van der Waals surface area contributed by atoms with Crippen molar-refractivity contribution in [3.63, 3.8) is 0 Å². The van der Waals surface area contributed by atoms with Crippen LogP contribution in [0, 0.1) is 0 Å². The van der Waals surface area contributed by atoms with Crippen molar-refractivity contribution in [2.75, 3.05) is 4.90 Å². The third-order valence-corrected chi connectivity index (χ3v) is 3.24. The maximum Gasteiger partial charge on any atom is 0.416 e. The van der Waals surface area contributed by atoms with Crippen molar-refractivity contribution in [2.24, 2.45) is 0 Å². The Balaban J connectivity index is 2.50. The van der Waals surface area contributed by atoms with Gasteiger partial charge in [0.15, 0.2) is 0 Å². The molecule has 1 aliphatic heterocycles. The molecule has 1 saturated heterocycles. The van der Waals surface area contributed by atoms with Gasteiger partial charge in [-0.1, -0.05) is 0 Å². The number of alkyl halides is 3. The topological polar surface area (TPSA) is 37.4 Å². The number of carbonyl (C=O) groups excluding carboxylic acids is 2. The van der Waals surface area contributed by atoms with Crippen LogP contribution in [0.25, 0.3) is 0 Å². The van der Waals surface area contributed by atoms with E-state index in [1.165, 1.54) is 6.07 Å². The van der Waals surface area contributed by atoms with Gasteiger partial charge in [0, 0.05) is 17.3 Å². The van der Waals surface area contributed by atoms with Crippen LogP contribution in [0.2, 0.25) is 0 Å². The van der Waals surface area contributed by atoms with Crippen LogP contribution in [0.3, 0.4) is 0 Å². The Bertz CT molecular complexity index is 512. The summed E-state index contributed by atoms with van der Waals surface area (Å²) in [6.07, 6.45) is -4.45. The van der Waals surface area contributed by atoms with Gasteiger partial charge in [0.1, 0.15) is 0 Å². The van der Waals surface area contributed by atoms with Crippen LogP contribution < -0.4 is 4.90 Å². The molecule has 0 aliphatic carbocycles. The zero-order valence-electron chi connectivity index (χ0n) is 8.92. The summed E-state index contributed by atoms with van der Waals surface area (Å²) in [5.74, 6) is -0.972. The molecule has 1 aromatic rings. The highest BCUT2D eigenvalue weighted by molar-refractivity contribution is 9.10. The number of halogens is 4. The summed E-state index contributed by atoms with van der Waals surface area (Å²) in [5, 5.41) is 0. The highest BCUT2D eigenvalue weighted by Crippen LogP contribution is 2.37. The minimum absolute atomic E-state index is 0.0293. The molecular formula is C11H7BrF3NO2. The molecule has 0 spiro atoms. The fourth-order valence-corrected chi connectivity index (χ4v) is 2.13. The van der Waals surface area contributed by atoms with E-state index < -0.39 is 23.6 Å². The van der Waals surface area contributed by atoms with Gasteiger partial charge in [0.2, 0.25) is 11.8 Å². The predicted molar refractivity (Wildman–Crippen MR) is 60.9 cm³/mol. The van der Waals surface area contributed by atoms with Crippen molar-refractivity contribution in [3.8, 4) is 0 Å². The first-order valence-electron chi connectivity index (χ1n) is 5.03. The van der Waals surface area contributed by atoms with Gasteiger partial charge in [-0.05, 0) is 34.1 Å². The molecule has 0 saturated carbocycles. The number of amides is 2. The van der Waals surface area contributed by atoms with E-state index in [1.807, 2.05) is 0 Å². The fourth-order valence-electron chi connectivity index (χ4n) is 1.71. The lowest BCUT2D eigenvalue weighted by atomic mass is 10.2. The van der Waals surface area contributed by atoms with Gasteiger partial charge in [-0.15, -0.1) is 0 Å². The molecule has 0 aromatic heterocycles. The summed E-state index contributed by atoms with van der Waals surface area (Å²) in [6, 6.07) is 2.86. The van der Waals surface area contributed by atoms with Crippen LogP contribution in [0.1, 0.15) is 18.4 Å². The fraction of sp³-hybridized carbons (Fsp3) is 0.273. The normalized spacial score (nSPS) is 16.6. The first-order chi connectivity index (χ1) is 8.30. The number of rotatable bonds is 1. The zero-order valence-corrected chi connectivity index (χ0v) is 10.5. The van der Waals surface area contributed by atoms with Crippen molar-refractivity contribution in [1.82, 2.24) is 0 Å². The van der Waals surface area contributed by atoms with E-state index in [0.29, 0.717) is 0 Å². The summed E-state index contributed by atoms with van der Waals surface area (Å²) < 4.78 is 38.0. The standard InChI is InChI=1S/C11H7BrF3NO2/c12-7-2-1-6(11(13,14)15)5-8(7)16-9(17)3-4-10(16)18/h1-2,5H,3-4H2. The average Bonchev–Trinajstić information content (AvgIpc) is 2.58. The Kier molecular flexibility index (Phi) is 3.18. The minimum atomic E-state index is -4.51. The first-order valence-corrected chi connectivity index (χ1v) is 5.82. The van der Waals surface area contributed by atoms with E-state index in [4.69, 9.17) is 0 Å². The SMILES string of the molecule is O=C1CCC(=O)N1c1cc(C(F)(F)F)ccc1Br. The second kappa shape index (κ2) is 4.38. The number of carbonyl (C=O) groups is 2. The lowest BCUT2D eigenvalue weighted by Crippen LogP contribution is -2.29. The van der Waals surface area contributed by atoms with Crippen LogP contribution in [-0.4, -0.2) is 11.8 Å². The van der Waals surface area contributed by atoms with Crippen molar-refractivity contribution < 1.29 is 22.8 Å². The molecule has 2 amide bonds. The smallest absolute Gasteiger partial charge is 0.274 e. The van der Waals surface area contributed by atoms with E-state index in [9.17, 15) is 22.8 Å². The van der Waals surface area contributed by atoms with Crippen LogP contribution >= 0.6 is 15.9 Å². The summed E-state index contributed by atoms with van der Waals surface area (Å²) in [5.41, 5.74) is -0.953. The highest BCUT2D eigenvalue weighted by atomic mass is 79.9. The molecule has 3 nitrogen and oxygen atoms in total. The van der Waals surface area contributed by atoms with Gasteiger partial charge in [-0.25, -0.2) is 4.90 Å². The molecule has 1 heterocycles. The predicted octanol–water partition coefficient (Wildman–Crippen LogP) is 3.12. The van der Waals surface area contributed by atoms with Gasteiger partial charge >= 0.3 is 6.18 Å². The Labute approximate surface area is 109 Å². The lowest BCUT2D eigenvalue weighted by molar-refractivity contribution is -0.137.